The molecule has 0 radical (unpaired) electrons. The average Bonchev–Trinajstić information content (AvgIpc) is 3.00. The molecule has 0 bridgehead atoms. The molecule has 0 amide bonds. The zero-order chi connectivity index (χ0) is 14.1. The van der Waals surface area contributed by atoms with Crippen LogP contribution in [0.5, 0.6) is 0 Å². The Morgan fingerprint density at radius 3 is 1.95 bits per heavy atom. The molecule has 0 aromatic carbocycles. The summed E-state index contributed by atoms with van der Waals surface area (Å²) in [6.07, 6.45) is 14.3. The maximum Gasteiger partial charge on any atom is 0.0100 e. The predicted octanol–water partition coefficient (Wildman–Crippen LogP) is 5.54. The molecule has 0 aromatic heterocycles. The first-order chi connectivity index (χ1) is 9.11. The van der Waals surface area contributed by atoms with E-state index in [4.69, 9.17) is 0 Å². The molecule has 0 spiro atoms. The molecule has 1 N–H and O–H groups in total. The molecular formula is C18H37N. The average molecular weight is 268 g/mol. The zero-order valence-corrected chi connectivity index (χ0v) is 13.9. The molecule has 1 aliphatic rings. The summed E-state index contributed by atoms with van der Waals surface area (Å²) in [4.78, 5) is 0. The van der Waals surface area contributed by atoms with Gasteiger partial charge < -0.3 is 5.32 Å². The van der Waals surface area contributed by atoms with E-state index in [1.54, 1.807) is 0 Å². The summed E-state index contributed by atoms with van der Waals surface area (Å²) in [6.45, 7) is 10.5. The first-order valence-corrected chi connectivity index (χ1v) is 8.85. The first kappa shape index (κ1) is 17.0. The molecular weight excluding hydrogens is 230 g/mol. The van der Waals surface area contributed by atoms with Gasteiger partial charge in [0.25, 0.3) is 0 Å². The number of nitrogens with one attached hydrogen (secondary N) is 1. The molecule has 1 saturated carbocycles. The van der Waals surface area contributed by atoms with Crippen molar-refractivity contribution < 1.29 is 0 Å². The van der Waals surface area contributed by atoms with Gasteiger partial charge in [-0.1, -0.05) is 79.1 Å². The van der Waals surface area contributed by atoms with Gasteiger partial charge in [0, 0.05) is 6.04 Å². The van der Waals surface area contributed by atoms with Crippen LogP contribution in [0.2, 0.25) is 0 Å². The van der Waals surface area contributed by atoms with Crippen molar-refractivity contribution in [2.45, 2.75) is 97.9 Å². The number of hydrogen-bond acceptors (Lipinski definition) is 1. The third-order valence-corrected chi connectivity index (χ3v) is 4.91. The van der Waals surface area contributed by atoms with E-state index in [9.17, 15) is 0 Å². The van der Waals surface area contributed by atoms with Crippen LogP contribution in [0.25, 0.3) is 0 Å². The van der Waals surface area contributed by atoms with Crippen molar-refractivity contribution in [1.82, 2.24) is 5.32 Å². The molecule has 1 nitrogen and oxygen atoms in total. The fraction of sp³-hybridized carbons (Fsp3) is 1.00. The highest BCUT2D eigenvalue weighted by molar-refractivity contribution is 5.01. The van der Waals surface area contributed by atoms with Crippen LogP contribution < -0.4 is 5.32 Å². The molecule has 1 rings (SSSR count). The van der Waals surface area contributed by atoms with Crippen LogP contribution in [0.4, 0.5) is 0 Å². The van der Waals surface area contributed by atoms with E-state index in [2.05, 4.69) is 33.0 Å². The Morgan fingerprint density at radius 2 is 1.47 bits per heavy atom. The second-order valence-electron chi connectivity index (χ2n) is 7.23. The summed E-state index contributed by atoms with van der Waals surface area (Å²) in [5.41, 5.74) is 0.618. The Kier molecular flexibility index (Phi) is 8.06. The maximum absolute atomic E-state index is 3.72. The van der Waals surface area contributed by atoms with Gasteiger partial charge in [0.05, 0.1) is 0 Å². The van der Waals surface area contributed by atoms with Gasteiger partial charge in [-0.2, -0.15) is 0 Å². The normalized spacial score (nSPS) is 22.4. The summed E-state index contributed by atoms with van der Waals surface area (Å²) >= 11 is 0. The van der Waals surface area contributed by atoms with E-state index in [0.29, 0.717) is 5.41 Å². The molecule has 0 aromatic rings. The minimum absolute atomic E-state index is 0.618. The smallest absolute Gasteiger partial charge is 0.0100 e. The van der Waals surface area contributed by atoms with Crippen molar-refractivity contribution >= 4 is 0 Å². The zero-order valence-electron chi connectivity index (χ0n) is 13.9. The van der Waals surface area contributed by atoms with Crippen molar-refractivity contribution in [2.75, 3.05) is 6.54 Å². The molecule has 2 unspecified atom stereocenters. The Morgan fingerprint density at radius 1 is 0.947 bits per heavy atom. The summed E-state index contributed by atoms with van der Waals surface area (Å²) < 4.78 is 0. The van der Waals surface area contributed by atoms with Crippen LogP contribution in [-0.2, 0) is 0 Å². The van der Waals surface area contributed by atoms with Gasteiger partial charge in [0.1, 0.15) is 0 Å². The standard InChI is InChI=1S/C18H37N/c1-5-7-8-9-10-11-12-13-14-17(19-6-2)16-15-18(16,3)4/h16-17,19H,5-15H2,1-4H3. The fourth-order valence-corrected chi connectivity index (χ4v) is 3.40. The number of hydrogen-bond donors (Lipinski definition) is 1. The lowest BCUT2D eigenvalue weighted by atomic mass is 9.98. The molecule has 19 heavy (non-hydrogen) atoms. The van der Waals surface area contributed by atoms with Crippen molar-refractivity contribution in [2.24, 2.45) is 11.3 Å². The number of unbranched alkanes of at least 4 members (excludes halogenated alkanes) is 7. The van der Waals surface area contributed by atoms with Crippen LogP contribution in [0.1, 0.15) is 91.9 Å². The second-order valence-corrected chi connectivity index (χ2v) is 7.23. The van der Waals surface area contributed by atoms with E-state index in [1.807, 2.05) is 0 Å². The Balaban J connectivity index is 2.00. The van der Waals surface area contributed by atoms with Gasteiger partial charge in [0.15, 0.2) is 0 Å². The van der Waals surface area contributed by atoms with Gasteiger partial charge in [0.2, 0.25) is 0 Å². The minimum atomic E-state index is 0.618. The molecule has 1 heteroatoms. The first-order valence-electron chi connectivity index (χ1n) is 8.85. The maximum atomic E-state index is 3.72. The van der Waals surface area contributed by atoms with Crippen LogP contribution >= 0.6 is 0 Å². The van der Waals surface area contributed by atoms with E-state index in [0.717, 1.165) is 18.5 Å². The van der Waals surface area contributed by atoms with Crippen molar-refractivity contribution in [3.05, 3.63) is 0 Å². The summed E-state index contributed by atoms with van der Waals surface area (Å²) in [5.74, 6) is 0.942. The molecule has 1 fully saturated rings. The van der Waals surface area contributed by atoms with E-state index < -0.39 is 0 Å². The Bertz CT molecular complexity index is 222. The molecule has 114 valence electrons. The lowest BCUT2D eigenvalue weighted by Gasteiger charge is -2.19. The largest absolute Gasteiger partial charge is 0.314 e. The van der Waals surface area contributed by atoms with Crippen molar-refractivity contribution in [3.63, 3.8) is 0 Å². The monoisotopic (exact) mass is 267 g/mol. The van der Waals surface area contributed by atoms with E-state index >= 15 is 0 Å². The highest BCUT2D eigenvalue weighted by atomic mass is 14.9. The van der Waals surface area contributed by atoms with Crippen molar-refractivity contribution in [3.8, 4) is 0 Å². The van der Waals surface area contributed by atoms with Crippen molar-refractivity contribution in [1.29, 1.82) is 0 Å². The fourth-order valence-electron chi connectivity index (χ4n) is 3.40. The highest BCUT2D eigenvalue weighted by Gasteiger charge is 2.49. The van der Waals surface area contributed by atoms with Gasteiger partial charge in [-0.3, -0.25) is 0 Å². The van der Waals surface area contributed by atoms with Gasteiger partial charge >= 0.3 is 0 Å². The lowest BCUT2D eigenvalue weighted by Crippen LogP contribution is -2.32. The molecule has 0 aliphatic heterocycles. The molecule has 0 saturated heterocycles. The Hall–Kier alpha value is -0.0400. The van der Waals surface area contributed by atoms with E-state index in [-0.39, 0.29) is 0 Å². The Labute approximate surface area is 121 Å². The molecule has 2 atom stereocenters. The SMILES string of the molecule is CCCCCCCCCCC(NCC)C1CC1(C)C. The topological polar surface area (TPSA) is 12.0 Å². The minimum Gasteiger partial charge on any atom is -0.314 e. The molecule has 0 heterocycles. The summed E-state index contributed by atoms with van der Waals surface area (Å²) in [5, 5.41) is 3.72. The molecule has 1 aliphatic carbocycles. The van der Waals surface area contributed by atoms with Crippen LogP contribution in [0.3, 0.4) is 0 Å². The second kappa shape index (κ2) is 9.00. The summed E-state index contributed by atoms with van der Waals surface area (Å²) in [6, 6.07) is 0.792. The third-order valence-electron chi connectivity index (χ3n) is 4.91. The van der Waals surface area contributed by atoms with Gasteiger partial charge in [-0.25, -0.2) is 0 Å². The lowest BCUT2D eigenvalue weighted by molar-refractivity contribution is 0.377. The van der Waals surface area contributed by atoms with Gasteiger partial charge in [-0.15, -0.1) is 0 Å². The van der Waals surface area contributed by atoms with Crippen LogP contribution in [0, 0.1) is 11.3 Å². The quantitative estimate of drug-likeness (QED) is 0.458. The number of rotatable bonds is 12. The third kappa shape index (κ3) is 6.79. The highest BCUT2D eigenvalue weighted by Crippen LogP contribution is 2.54. The van der Waals surface area contributed by atoms with E-state index in [1.165, 1.54) is 64.2 Å². The van der Waals surface area contributed by atoms with Crippen LogP contribution in [0.15, 0.2) is 0 Å². The van der Waals surface area contributed by atoms with Gasteiger partial charge in [-0.05, 0) is 30.7 Å². The summed E-state index contributed by atoms with van der Waals surface area (Å²) in [7, 11) is 0. The van der Waals surface area contributed by atoms with Crippen LogP contribution in [-0.4, -0.2) is 12.6 Å². The predicted molar refractivity (Wildman–Crippen MR) is 86.6 cm³/mol.